The van der Waals surface area contributed by atoms with Gasteiger partial charge >= 0.3 is 0 Å². The maximum absolute atomic E-state index is 12.0. The number of hydrogen-bond donors (Lipinski definition) is 1. The lowest BCUT2D eigenvalue weighted by molar-refractivity contribution is -0.140. The lowest BCUT2D eigenvalue weighted by atomic mass is 9.98. The summed E-state index contributed by atoms with van der Waals surface area (Å²) in [5, 5.41) is 0. The summed E-state index contributed by atoms with van der Waals surface area (Å²) in [7, 11) is 0. The first-order valence-electron chi connectivity index (χ1n) is 6.54. The zero-order chi connectivity index (χ0) is 12.6. The second-order valence-corrected chi connectivity index (χ2v) is 6.36. The average Bonchev–Trinajstić information content (AvgIpc) is 2.77. The molecule has 1 aliphatic carbocycles. The highest BCUT2D eigenvalue weighted by Crippen LogP contribution is 2.37. The van der Waals surface area contributed by atoms with Crippen molar-refractivity contribution in [1.82, 2.24) is 4.90 Å². The van der Waals surface area contributed by atoms with Crippen molar-refractivity contribution in [2.75, 3.05) is 19.7 Å². The number of nitrogens with two attached hydrogens (primary N) is 1. The van der Waals surface area contributed by atoms with Crippen LogP contribution in [-0.4, -0.2) is 42.1 Å². The van der Waals surface area contributed by atoms with Gasteiger partial charge < -0.3 is 15.4 Å². The molecule has 0 aromatic rings. The van der Waals surface area contributed by atoms with E-state index in [0.717, 1.165) is 19.5 Å². The molecule has 17 heavy (non-hydrogen) atoms. The molecule has 1 saturated heterocycles. The minimum absolute atomic E-state index is 0.113. The third kappa shape index (κ3) is 2.99. The molecule has 4 heteroatoms. The summed E-state index contributed by atoms with van der Waals surface area (Å²) in [5.41, 5.74) is 5.81. The normalized spacial score (nSPS) is 32.9. The molecule has 3 atom stereocenters. The van der Waals surface area contributed by atoms with Crippen LogP contribution in [0.15, 0.2) is 0 Å². The number of ether oxygens (including phenoxy) is 1. The standard InChI is InChI=1S/C13H24N2O2/c1-13(2,3)17-8-12(16)15-6-9-4-5-11(14)10(9)7-15/h9-11H,4-8,14H2,1-3H3. The number of nitrogens with zero attached hydrogens (tertiary/aromatic N) is 1. The van der Waals surface area contributed by atoms with Gasteiger partial charge in [-0.2, -0.15) is 0 Å². The maximum atomic E-state index is 12.0. The molecule has 1 heterocycles. The van der Waals surface area contributed by atoms with E-state index < -0.39 is 0 Å². The molecule has 0 spiro atoms. The summed E-state index contributed by atoms with van der Waals surface area (Å²) in [5.74, 6) is 1.26. The van der Waals surface area contributed by atoms with Crippen LogP contribution in [0.3, 0.4) is 0 Å². The highest BCUT2D eigenvalue weighted by atomic mass is 16.5. The fourth-order valence-corrected chi connectivity index (χ4v) is 2.88. The van der Waals surface area contributed by atoms with Gasteiger partial charge in [-0.25, -0.2) is 0 Å². The van der Waals surface area contributed by atoms with Crippen LogP contribution in [0.25, 0.3) is 0 Å². The van der Waals surface area contributed by atoms with E-state index in [1.54, 1.807) is 0 Å². The van der Waals surface area contributed by atoms with Gasteiger partial charge in [0, 0.05) is 19.1 Å². The second-order valence-electron chi connectivity index (χ2n) is 6.36. The third-order valence-electron chi connectivity index (χ3n) is 3.89. The van der Waals surface area contributed by atoms with E-state index in [2.05, 4.69) is 0 Å². The van der Waals surface area contributed by atoms with Gasteiger partial charge in [-0.3, -0.25) is 4.79 Å². The summed E-state index contributed by atoms with van der Waals surface area (Å²) in [6.07, 6.45) is 2.30. The van der Waals surface area contributed by atoms with Crippen LogP contribution in [0.1, 0.15) is 33.6 Å². The SMILES string of the molecule is CC(C)(C)OCC(=O)N1CC2CCC(N)C2C1. The average molecular weight is 240 g/mol. The maximum Gasteiger partial charge on any atom is 0.248 e. The summed E-state index contributed by atoms with van der Waals surface area (Å²) >= 11 is 0. The molecule has 1 amide bonds. The van der Waals surface area contributed by atoms with Crippen molar-refractivity contribution >= 4 is 5.91 Å². The minimum atomic E-state index is -0.248. The van der Waals surface area contributed by atoms with Gasteiger partial charge in [-0.15, -0.1) is 0 Å². The number of amides is 1. The lowest BCUT2D eigenvalue weighted by Gasteiger charge is -2.23. The zero-order valence-corrected chi connectivity index (χ0v) is 11.1. The number of carbonyl (C=O) groups excluding carboxylic acids is 1. The second kappa shape index (κ2) is 4.58. The van der Waals surface area contributed by atoms with E-state index in [-0.39, 0.29) is 18.1 Å². The Labute approximate surface area is 103 Å². The van der Waals surface area contributed by atoms with Crippen molar-refractivity contribution in [3.8, 4) is 0 Å². The van der Waals surface area contributed by atoms with Gasteiger partial charge in [-0.05, 0) is 45.4 Å². The summed E-state index contributed by atoms with van der Waals surface area (Å²) in [6, 6.07) is 0.293. The van der Waals surface area contributed by atoms with Crippen LogP contribution in [0.2, 0.25) is 0 Å². The van der Waals surface area contributed by atoms with E-state index in [1.165, 1.54) is 6.42 Å². The minimum Gasteiger partial charge on any atom is -0.366 e. The highest BCUT2D eigenvalue weighted by Gasteiger charge is 2.42. The summed E-state index contributed by atoms with van der Waals surface area (Å²) in [4.78, 5) is 13.9. The predicted molar refractivity (Wildman–Crippen MR) is 66.5 cm³/mol. The fraction of sp³-hybridized carbons (Fsp3) is 0.923. The Hall–Kier alpha value is -0.610. The van der Waals surface area contributed by atoms with E-state index in [0.29, 0.717) is 17.9 Å². The van der Waals surface area contributed by atoms with Crippen LogP contribution in [0.4, 0.5) is 0 Å². The summed E-state index contributed by atoms with van der Waals surface area (Å²) < 4.78 is 5.53. The Morgan fingerprint density at radius 2 is 2.06 bits per heavy atom. The molecule has 3 unspecified atom stereocenters. The molecule has 2 fully saturated rings. The van der Waals surface area contributed by atoms with Crippen molar-refractivity contribution in [3.63, 3.8) is 0 Å². The third-order valence-corrected chi connectivity index (χ3v) is 3.89. The van der Waals surface area contributed by atoms with Gasteiger partial charge in [0.05, 0.1) is 5.60 Å². The first kappa shape index (κ1) is 12.8. The molecule has 1 saturated carbocycles. The van der Waals surface area contributed by atoms with Crippen LogP contribution in [0.5, 0.6) is 0 Å². The smallest absolute Gasteiger partial charge is 0.248 e. The Morgan fingerprint density at radius 1 is 1.35 bits per heavy atom. The largest absolute Gasteiger partial charge is 0.366 e. The Kier molecular flexibility index (Phi) is 3.46. The van der Waals surface area contributed by atoms with Crippen molar-refractivity contribution in [3.05, 3.63) is 0 Å². The molecular formula is C13H24N2O2. The quantitative estimate of drug-likeness (QED) is 0.783. The topological polar surface area (TPSA) is 55.6 Å². The molecular weight excluding hydrogens is 216 g/mol. The number of fused-ring (bicyclic) bond motifs is 1. The van der Waals surface area contributed by atoms with Gasteiger partial charge in [0.15, 0.2) is 0 Å². The predicted octanol–water partition coefficient (Wildman–Crippen LogP) is 0.997. The van der Waals surface area contributed by atoms with Crippen LogP contribution in [-0.2, 0) is 9.53 Å². The molecule has 2 rings (SSSR count). The first-order chi connectivity index (χ1) is 7.87. The molecule has 0 radical (unpaired) electrons. The molecule has 98 valence electrons. The van der Waals surface area contributed by atoms with Crippen LogP contribution < -0.4 is 5.73 Å². The number of carbonyl (C=O) groups is 1. The van der Waals surface area contributed by atoms with Crippen molar-refractivity contribution < 1.29 is 9.53 Å². The van der Waals surface area contributed by atoms with Gasteiger partial charge in [0.1, 0.15) is 6.61 Å². The molecule has 2 aliphatic rings. The van der Waals surface area contributed by atoms with Crippen molar-refractivity contribution in [2.24, 2.45) is 17.6 Å². The monoisotopic (exact) mass is 240 g/mol. The molecule has 0 aromatic carbocycles. The molecule has 0 aromatic heterocycles. The number of hydrogen-bond acceptors (Lipinski definition) is 3. The van der Waals surface area contributed by atoms with Crippen molar-refractivity contribution in [1.29, 1.82) is 0 Å². The van der Waals surface area contributed by atoms with Gasteiger partial charge in [-0.1, -0.05) is 0 Å². The van der Waals surface area contributed by atoms with E-state index >= 15 is 0 Å². The van der Waals surface area contributed by atoms with E-state index in [9.17, 15) is 4.79 Å². The van der Waals surface area contributed by atoms with E-state index in [4.69, 9.17) is 10.5 Å². The van der Waals surface area contributed by atoms with Crippen LogP contribution >= 0.6 is 0 Å². The Morgan fingerprint density at radius 3 is 2.65 bits per heavy atom. The Balaban J connectivity index is 1.83. The molecule has 2 N–H and O–H groups in total. The highest BCUT2D eigenvalue weighted by molar-refractivity contribution is 5.77. The fourth-order valence-electron chi connectivity index (χ4n) is 2.88. The lowest BCUT2D eigenvalue weighted by Crippen LogP contribution is -2.37. The van der Waals surface area contributed by atoms with Crippen molar-refractivity contribution in [2.45, 2.75) is 45.3 Å². The molecule has 1 aliphatic heterocycles. The zero-order valence-electron chi connectivity index (χ0n) is 11.1. The first-order valence-corrected chi connectivity index (χ1v) is 6.54. The van der Waals surface area contributed by atoms with Crippen LogP contribution in [0, 0.1) is 11.8 Å². The number of rotatable bonds is 2. The van der Waals surface area contributed by atoms with Gasteiger partial charge in [0.25, 0.3) is 0 Å². The molecule has 0 bridgehead atoms. The van der Waals surface area contributed by atoms with E-state index in [1.807, 2.05) is 25.7 Å². The Bertz CT molecular complexity index is 298. The number of likely N-dealkylation sites (tertiary alicyclic amines) is 1. The summed E-state index contributed by atoms with van der Waals surface area (Å²) in [6.45, 7) is 7.81. The van der Waals surface area contributed by atoms with Gasteiger partial charge in [0.2, 0.25) is 5.91 Å². The molecule has 4 nitrogen and oxygen atoms in total.